The number of nitrogens with zero attached hydrogens (tertiary/aromatic N) is 1. The fourth-order valence-electron chi connectivity index (χ4n) is 6.82. The number of amides is 3. The molecule has 1 aliphatic heterocycles. The van der Waals surface area contributed by atoms with Crippen LogP contribution in [0.2, 0.25) is 0 Å². The van der Waals surface area contributed by atoms with Gasteiger partial charge in [0.25, 0.3) is 5.91 Å². The molecule has 4 rings (SSSR count). The van der Waals surface area contributed by atoms with Crippen LogP contribution in [0.1, 0.15) is 65.7 Å². The van der Waals surface area contributed by atoms with Gasteiger partial charge in [-0.05, 0) is 61.0 Å². The Kier molecular flexibility index (Phi) is 10.1. The van der Waals surface area contributed by atoms with Crippen molar-refractivity contribution >= 4 is 35.3 Å². The molecule has 1 aromatic carbocycles. The number of hydrogen-bond donors (Lipinski definition) is 2. The zero-order valence-corrected chi connectivity index (χ0v) is 25.0. The first kappa shape index (κ1) is 30.4. The average molecular weight is 568 g/mol. The number of piperidine rings is 1. The molecule has 3 amide bonds. The molecule has 0 aromatic heterocycles. The summed E-state index contributed by atoms with van der Waals surface area (Å²) in [6, 6.07) is 8.29. The third kappa shape index (κ3) is 6.81. The molecule has 2 saturated carbocycles. The highest BCUT2D eigenvalue weighted by Crippen LogP contribution is 2.65. The van der Waals surface area contributed by atoms with Crippen LogP contribution in [-0.2, 0) is 19.2 Å². The molecule has 1 heterocycles. The van der Waals surface area contributed by atoms with E-state index in [4.69, 9.17) is 0 Å². The number of fused-ring (bicyclic) bond motifs is 1. The molecular formula is C32H45N3O4S. The number of carbonyl (C=O) groups excluding carboxylic acids is 4. The molecule has 8 heteroatoms. The molecule has 1 aromatic rings. The number of carbonyl (C=O) groups is 4. The van der Waals surface area contributed by atoms with E-state index in [1.807, 2.05) is 37.3 Å². The fourth-order valence-corrected chi connectivity index (χ4v) is 7.61. The summed E-state index contributed by atoms with van der Waals surface area (Å²) in [5.41, 5.74) is -0.0265. The Morgan fingerprint density at radius 3 is 2.50 bits per heavy atom. The van der Waals surface area contributed by atoms with Crippen molar-refractivity contribution in [2.75, 3.05) is 18.8 Å². The van der Waals surface area contributed by atoms with Gasteiger partial charge in [0.15, 0.2) is 0 Å². The quantitative estimate of drug-likeness (QED) is 0.157. The van der Waals surface area contributed by atoms with Gasteiger partial charge < -0.3 is 15.5 Å². The van der Waals surface area contributed by atoms with Crippen molar-refractivity contribution in [2.24, 2.45) is 29.1 Å². The lowest BCUT2D eigenvalue weighted by Crippen LogP contribution is -2.56. The van der Waals surface area contributed by atoms with Gasteiger partial charge in [-0.2, -0.15) is 0 Å². The highest BCUT2D eigenvalue weighted by Gasteiger charge is 2.69. The predicted octanol–water partition coefficient (Wildman–Crippen LogP) is 4.61. The van der Waals surface area contributed by atoms with Gasteiger partial charge >= 0.3 is 0 Å². The molecule has 2 N–H and O–H groups in total. The van der Waals surface area contributed by atoms with Crippen molar-refractivity contribution in [1.82, 2.24) is 15.5 Å². The van der Waals surface area contributed by atoms with Gasteiger partial charge in [-0.25, -0.2) is 0 Å². The van der Waals surface area contributed by atoms with Crippen LogP contribution in [0.4, 0.5) is 0 Å². The molecule has 3 aliphatic rings. The van der Waals surface area contributed by atoms with Crippen LogP contribution in [0.3, 0.4) is 0 Å². The molecule has 0 unspecified atom stereocenters. The van der Waals surface area contributed by atoms with E-state index in [1.165, 1.54) is 6.42 Å². The predicted molar refractivity (Wildman–Crippen MR) is 159 cm³/mol. The zero-order chi connectivity index (χ0) is 28.9. The van der Waals surface area contributed by atoms with Crippen LogP contribution >= 0.6 is 11.8 Å². The largest absolute Gasteiger partial charge is 0.349 e. The normalized spacial score (nSPS) is 24.9. The minimum Gasteiger partial charge on any atom is -0.349 e. The summed E-state index contributed by atoms with van der Waals surface area (Å²) in [4.78, 5) is 56.3. The molecule has 0 bridgehead atoms. The Morgan fingerprint density at radius 1 is 1.12 bits per heavy atom. The summed E-state index contributed by atoms with van der Waals surface area (Å²) in [6.07, 6.45) is 8.12. The van der Waals surface area contributed by atoms with E-state index in [-0.39, 0.29) is 41.4 Å². The molecule has 2 aliphatic carbocycles. The number of benzene rings is 1. The number of likely N-dealkylation sites (tertiary alicyclic amines) is 1. The third-order valence-corrected chi connectivity index (χ3v) is 10.4. The highest BCUT2D eigenvalue weighted by atomic mass is 32.2. The Hall–Kier alpha value is -2.61. The lowest BCUT2D eigenvalue weighted by molar-refractivity contribution is -0.146. The number of hydrogen-bond acceptors (Lipinski definition) is 5. The summed E-state index contributed by atoms with van der Waals surface area (Å²) in [6.45, 7) is 11.0. The second-order valence-electron chi connectivity index (χ2n) is 12.3. The van der Waals surface area contributed by atoms with Gasteiger partial charge in [-0.1, -0.05) is 64.3 Å². The number of thioether (sulfide) groups is 1. The Bertz CT molecular complexity index is 1080. The van der Waals surface area contributed by atoms with E-state index in [1.54, 1.807) is 22.7 Å². The van der Waals surface area contributed by atoms with Gasteiger partial charge in [0.05, 0.1) is 6.04 Å². The first-order valence-electron chi connectivity index (χ1n) is 14.9. The lowest BCUT2D eigenvalue weighted by Gasteiger charge is -2.35. The van der Waals surface area contributed by atoms with Gasteiger partial charge in [0.2, 0.25) is 17.6 Å². The molecular weight excluding hydrogens is 522 g/mol. The van der Waals surface area contributed by atoms with Crippen molar-refractivity contribution < 1.29 is 19.2 Å². The molecule has 3 fully saturated rings. The average Bonchev–Trinajstić information content (AvgIpc) is 3.28. The highest BCUT2D eigenvalue weighted by molar-refractivity contribution is 7.99. The molecule has 5 atom stereocenters. The minimum atomic E-state index is -0.957. The summed E-state index contributed by atoms with van der Waals surface area (Å²) < 4.78 is 0. The third-order valence-electron chi connectivity index (χ3n) is 9.42. The van der Waals surface area contributed by atoms with Crippen LogP contribution in [0.25, 0.3) is 0 Å². The van der Waals surface area contributed by atoms with Gasteiger partial charge in [-0.3, -0.25) is 19.2 Å². The Morgan fingerprint density at radius 2 is 1.82 bits per heavy atom. The van der Waals surface area contributed by atoms with Crippen molar-refractivity contribution in [3.05, 3.63) is 43.0 Å². The van der Waals surface area contributed by atoms with E-state index < -0.39 is 23.8 Å². The molecule has 7 nitrogen and oxygen atoms in total. The monoisotopic (exact) mass is 567 g/mol. The number of nitrogens with one attached hydrogen (secondary N) is 2. The fraction of sp³-hybridized carbons (Fsp3) is 0.625. The minimum absolute atomic E-state index is 0.0265. The van der Waals surface area contributed by atoms with Gasteiger partial charge in [0, 0.05) is 29.7 Å². The summed E-state index contributed by atoms with van der Waals surface area (Å²) in [5, 5.41) is 5.60. The van der Waals surface area contributed by atoms with Gasteiger partial charge in [-0.15, -0.1) is 18.3 Å². The first-order chi connectivity index (χ1) is 19.2. The van der Waals surface area contributed by atoms with E-state index >= 15 is 0 Å². The summed E-state index contributed by atoms with van der Waals surface area (Å²) in [5.74, 6) is -0.406. The van der Waals surface area contributed by atoms with E-state index in [0.29, 0.717) is 31.2 Å². The smallest absolute Gasteiger partial charge is 0.289 e. The van der Waals surface area contributed by atoms with E-state index in [0.717, 1.165) is 30.6 Å². The molecule has 0 spiro atoms. The molecule has 0 radical (unpaired) electrons. The molecule has 40 heavy (non-hydrogen) atoms. The summed E-state index contributed by atoms with van der Waals surface area (Å²) >= 11 is 1.60. The topological polar surface area (TPSA) is 95.6 Å². The number of ketones is 1. The number of allylic oxidation sites excluding steroid dienone is 1. The van der Waals surface area contributed by atoms with Crippen LogP contribution in [0.5, 0.6) is 0 Å². The van der Waals surface area contributed by atoms with Gasteiger partial charge in [0.1, 0.15) is 6.04 Å². The number of Topliss-reactive ketones (excluding diaryl/α,β-unsaturated/α-hetero) is 1. The van der Waals surface area contributed by atoms with E-state index in [9.17, 15) is 19.2 Å². The number of rotatable bonds is 13. The van der Waals surface area contributed by atoms with Crippen molar-refractivity contribution in [3.63, 3.8) is 0 Å². The maximum atomic E-state index is 13.8. The van der Waals surface area contributed by atoms with Crippen molar-refractivity contribution in [2.45, 2.75) is 82.7 Å². The molecule has 218 valence electrons. The van der Waals surface area contributed by atoms with Crippen LogP contribution in [-0.4, -0.2) is 59.3 Å². The second kappa shape index (κ2) is 13.4. The SMILES string of the molecule is C=CCC[C@H](NC(=O)[C@@H]1[C@@H]2[C@H](CN1C(=O)[C@@H](C)C1CCCCC1)C2(C)C)C(=O)C(=O)NCCSc1ccccc1. The summed E-state index contributed by atoms with van der Waals surface area (Å²) in [7, 11) is 0. The zero-order valence-electron chi connectivity index (χ0n) is 24.2. The Labute approximate surface area is 243 Å². The second-order valence-corrected chi connectivity index (χ2v) is 13.5. The molecule has 1 saturated heterocycles. The van der Waals surface area contributed by atoms with E-state index in [2.05, 4.69) is 31.1 Å². The van der Waals surface area contributed by atoms with Crippen LogP contribution in [0.15, 0.2) is 47.9 Å². The maximum absolute atomic E-state index is 13.8. The lowest BCUT2D eigenvalue weighted by atomic mass is 9.80. The van der Waals surface area contributed by atoms with Crippen molar-refractivity contribution in [3.8, 4) is 0 Å². The Balaban J connectivity index is 1.39. The van der Waals surface area contributed by atoms with Crippen LogP contribution in [0, 0.1) is 29.1 Å². The van der Waals surface area contributed by atoms with Crippen LogP contribution < -0.4 is 10.6 Å². The first-order valence-corrected chi connectivity index (χ1v) is 15.9. The maximum Gasteiger partial charge on any atom is 0.289 e. The standard InChI is InChI=1S/C32H45N3O4S/c1-5-6-17-25(28(36)30(38)33-18-19-40-23-15-11-8-12-16-23)34-29(37)27-26-24(32(26,3)4)20-35(27)31(39)21(2)22-13-9-7-10-14-22/h5,8,11-12,15-16,21-22,24-27H,1,6-7,9-10,13-14,17-20H2,2-4H3,(H,33,38)(H,34,37)/t21-,24-,25-,26-,27-/m0/s1. The van der Waals surface area contributed by atoms with Crippen molar-refractivity contribution in [1.29, 1.82) is 0 Å².